The van der Waals surface area contributed by atoms with Crippen LogP contribution in [0.4, 0.5) is 0 Å². The number of hydrogen-bond donors (Lipinski definition) is 2. The molecule has 2 heterocycles. The van der Waals surface area contributed by atoms with Gasteiger partial charge in [-0.25, -0.2) is 4.79 Å². The fourth-order valence-electron chi connectivity index (χ4n) is 4.25. The Morgan fingerprint density at radius 3 is 2.88 bits per heavy atom. The Morgan fingerprint density at radius 2 is 2.08 bits per heavy atom. The number of nitrogens with one attached hydrogen (secondary N) is 1. The standard InChI is InChI=1S/C19H22N2O3/c1-11-4-2-5-13-14-10-12(7-8-15(14)20-17(11)13)18(22)21-9-3-6-16(21)19(23)24/h7-8,10-11,16,20H,2-6,9H2,1H3,(H,23,24). The zero-order valence-corrected chi connectivity index (χ0v) is 13.8. The Morgan fingerprint density at radius 1 is 1.25 bits per heavy atom. The lowest BCUT2D eigenvalue weighted by atomic mass is 9.88. The predicted octanol–water partition coefficient (Wildman–Crippen LogP) is 3.30. The molecule has 2 aliphatic rings. The first kappa shape index (κ1) is 15.2. The highest BCUT2D eigenvalue weighted by molar-refractivity contribution is 6.00. The second-order valence-electron chi connectivity index (χ2n) is 7.07. The number of aromatic nitrogens is 1. The Bertz CT molecular complexity index is 823. The van der Waals surface area contributed by atoms with Crippen LogP contribution < -0.4 is 0 Å². The zero-order valence-electron chi connectivity index (χ0n) is 13.8. The van der Waals surface area contributed by atoms with Gasteiger partial charge in [0.15, 0.2) is 0 Å². The van der Waals surface area contributed by atoms with Crippen LogP contribution in [-0.2, 0) is 11.2 Å². The van der Waals surface area contributed by atoms with Gasteiger partial charge in [0.2, 0.25) is 0 Å². The van der Waals surface area contributed by atoms with Crippen LogP contribution in [-0.4, -0.2) is 39.5 Å². The van der Waals surface area contributed by atoms with Gasteiger partial charge in [0.25, 0.3) is 5.91 Å². The van der Waals surface area contributed by atoms with E-state index in [-0.39, 0.29) is 5.91 Å². The minimum Gasteiger partial charge on any atom is -0.480 e. The van der Waals surface area contributed by atoms with E-state index >= 15 is 0 Å². The number of carboxylic acid groups (broad SMARTS) is 1. The van der Waals surface area contributed by atoms with Crippen LogP contribution in [0.15, 0.2) is 18.2 Å². The van der Waals surface area contributed by atoms with Gasteiger partial charge in [-0.2, -0.15) is 0 Å². The number of nitrogens with zero attached hydrogens (tertiary/aromatic N) is 1. The van der Waals surface area contributed by atoms with Gasteiger partial charge in [0.05, 0.1) is 0 Å². The SMILES string of the molecule is CC1CCCc2c1[nH]c1ccc(C(=O)N3CCCC3C(=O)O)cc21. The van der Waals surface area contributed by atoms with Crippen molar-refractivity contribution in [3.63, 3.8) is 0 Å². The molecule has 24 heavy (non-hydrogen) atoms. The van der Waals surface area contributed by atoms with Crippen LogP contribution >= 0.6 is 0 Å². The molecule has 0 bridgehead atoms. The first-order valence-corrected chi connectivity index (χ1v) is 8.74. The van der Waals surface area contributed by atoms with Crippen molar-refractivity contribution in [2.45, 2.75) is 51.0 Å². The normalized spacial score (nSPS) is 23.5. The molecule has 1 amide bonds. The molecule has 4 rings (SSSR count). The molecule has 2 aromatic rings. The number of aliphatic carboxylic acids is 1. The smallest absolute Gasteiger partial charge is 0.326 e. The third-order valence-electron chi connectivity index (χ3n) is 5.54. The molecule has 2 N–H and O–H groups in total. The van der Waals surface area contributed by atoms with E-state index in [9.17, 15) is 14.7 Å². The van der Waals surface area contributed by atoms with Crippen molar-refractivity contribution < 1.29 is 14.7 Å². The fraction of sp³-hybridized carbons (Fsp3) is 0.474. The molecule has 1 saturated heterocycles. The lowest BCUT2D eigenvalue weighted by Gasteiger charge is -2.21. The number of aryl methyl sites for hydroxylation is 1. The summed E-state index contributed by atoms with van der Waals surface area (Å²) >= 11 is 0. The molecule has 5 nitrogen and oxygen atoms in total. The van der Waals surface area contributed by atoms with Gasteiger partial charge in [0.1, 0.15) is 6.04 Å². The number of likely N-dealkylation sites (tertiary alicyclic amines) is 1. The van der Waals surface area contributed by atoms with E-state index in [0.717, 1.165) is 23.7 Å². The molecule has 2 unspecified atom stereocenters. The van der Waals surface area contributed by atoms with E-state index in [2.05, 4.69) is 11.9 Å². The number of carboxylic acids is 1. The molecule has 1 aliphatic carbocycles. The Labute approximate surface area is 140 Å². The second kappa shape index (κ2) is 5.65. The summed E-state index contributed by atoms with van der Waals surface area (Å²) in [6.07, 6.45) is 4.70. The summed E-state index contributed by atoms with van der Waals surface area (Å²) in [7, 11) is 0. The van der Waals surface area contributed by atoms with Crippen LogP contribution in [0.25, 0.3) is 10.9 Å². The van der Waals surface area contributed by atoms with E-state index in [1.54, 1.807) is 0 Å². The summed E-state index contributed by atoms with van der Waals surface area (Å²) in [6.45, 7) is 2.76. The van der Waals surface area contributed by atoms with Crippen LogP contribution in [0.1, 0.15) is 60.1 Å². The van der Waals surface area contributed by atoms with Crippen LogP contribution in [0.2, 0.25) is 0 Å². The number of amides is 1. The minimum atomic E-state index is -0.908. The molecular weight excluding hydrogens is 304 g/mol. The van der Waals surface area contributed by atoms with Gasteiger partial charge in [-0.05, 0) is 61.8 Å². The molecule has 1 aliphatic heterocycles. The van der Waals surface area contributed by atoms with E-state index < -0.39 is 12.0 Å². The molecule has 1 aromatic carbocycles. The van der Waals surface area contributed by atoms with Gasteiger partial charge in [0, 0.05) is 28.7 Å². The number of aromatic amines is 1. The van der Waals surface area contributed by atoms with Crippen molar-refractivity contribution in [2.24, 2.45) is 0 Å². The number of rotatable bonds is 2. The summed E-state index contributed by atoms with van der Waals surface area (Å²) in [4.78, 5) is 29.2. The van der Waals surface area contributed by atoms with Crippen molar-refractivity contribution in [1.82, 2.24) is 9.88 Å². The largest absolute Gasteiger partial charge is 0.480 e. The topological polar surface area (TPSA) is 73.4 Å². The second-order valence-corrected chi connectivity index (χ2v) is 7.07. The number of carbonyl (C=O) groups excluding carboxylic acids is 1. The maximum Gasteiger partial charge on any atom is 0.326 e. The van der Waals surface area contributed by atoms with Crippen molar-refractivity contribution in [2.75, 3.05) is 6.54 Å². The Balaban J connectivity index is 1.72. The van der Waals surface area contributed by atoms with Crippen molar-refractivity contribution in [3.8, 4) is 0 Å². The molecule has 0 saturated carbocycles. The first-order valence-electron chi connectivity index (χ1n) is 8.74. The van der Waals surface area contributed by atoms with Crippen LogP contribution in [0, 0.1) is 0 Å². The lowest BCUT2D eigenvalue weighted by Crippen LogP contribution is -2.40. The van der Waals surface area contributed by atoms with E-state index in [0.29, 0.717) is 24.4 Å². The molecular formula is C19H22N2O3. The van der Waals surface area contributed by atoms with E-state index in [1.807, 2.05) is 18.2 Å². The van der Waals surface area contributed by atoms with Crippen molar-refractivity contribution >= 4 is 22.8 Å². The van der Waals surface area contributed by atoms with Gasteiger partial charge < -0.3 is 15.0 Å². The minimum absolute atomic E-state index is 0.166. The third kappa shape index (κ3) is 2.30. The third-order valence-corrected chi connectivity index (χ3v) is 5.54. The summed E-state index contributed by atoms with van der Waals surface area (Å²) in [5.74, 6) is -0.550. The number of carbonyl (C=O) groups is 2. The average molecular weight is 326 g/mol. The molecule has 0 spiro atoms. The highest BCUT2D eigenvalue weighted by Gasteiger charge is 2.34. The molecule has 1 fully saturated rings. The zero-order chi connectivity index (χ0) is 16.8. The number of benzene rings is 1. The summed E-state index contributed by atoms with van der Waals surface area (Å²) < 4.78 is 0. The molecule has 126 valence electrons. The number of H-pyrrole nitrogens is 1. The molecule has 2 atom stereocenters. The highest BCUT2D eigenvalue weighted by atomic mass is 16.4. The quantitative estimate of drug-likeness (QED) is 0.889. The van der Waals surface area contributed by atoms with Crippen LogP contribution in [0.5, 0.6) is 0 Å². The molecule has 5 heteroatoms. The number of fused-ring (bicyclic) bond motifs is 3. The molecule has 1 aromatic heterocycles. The van der Waals surface area contributed by atoms with Gasteiger partial charge in [-0.3, -0.25) is 4.79 Å². The maximum absolute atomic E-state index is 12.8. The highest BCUT2D eigenvalue weighted by Crippen LogP contribution is 2.36. The summed E-state index contributed by atoms with van der Waals surface area (Å²) in [5, 5.41) is 10.4. The van der Waals surface area contributed by atoms with Crippen LogP contribution in [0.3, 0.4) is 0 Å². The number of hydrogen-bond acceptors (Lipinski definition) is 2. The summed E-state index contributed by atoms with van der Waals surface area (Å²) in [6, 6.07) is 5.03. The monoisotopic (exact) mass is 326 g/mol. The maximum atomic E-state index is 12.8. The fourth-order valence-corrected chi connectivity index (χ4v) is 4.25. The lowest BCUT2D eigenvalue weighted by molar-refractivity contribution is -0.141. The van der Waals surface area contributed by atoms with Gasteiger partial charge in [-0.1, -0.05) is 6.92 Å². The predicted molar refractivity (Wildman–Crippen MR) is 91.3 cm³/mol. The van der Waals surface area contributed by atoms with Crippen molar-refractivity contribution in [3.05, 3.63) is 35.0 Å². The summed E-state index contributed by atoms with van der Waals surface area (Å²) in [5.41, 5.74) is 4.29. The Hall–Kier alpha value is -2.30. The Kier molecular flexibility index (Phi) is 3.59. The molecule has 0 radical (unpaired) electrons. The van der Waals surface area contributed by atoms with Crippen molar-refractivity contribution in [1.29, 1.82) is 0 Å². The van der Waals surface area contributed by atoms with Gasteiger partial charge >= 0.3 is 5.97 Å². The van der Waals surface area contributed by atoms with E-state index in [1.165, 1.54) is 29.0 Å². The van der Waals surface area contributed by atoms with Gasteiger partial charge in [-0.15, -0.1) is 0 Å². The average Bonchev–Trinajstić information content (AvgIpc) is 3.19. The first-order chi connectivity index (χ1) is 11.6. The van der Waals surface area contributed by atoms with E-state index in [4.69, 9.17) is 0 Å².